The second-order valence-corrected chi connectivity index (χ2v) is 20.8. The zero-order chi connectivity index (χ0) is 45.1. The normalized spacial score (nSPS) is 22.8. The fourth-order valence-corrected chi connectivity index (χ4v) is 14.2. The van der Waals surface area contributed by atoms with Crippen molar-refractivity contribution in [2.75, 3.05) is 9.80 Å². The van der Waals surface area contributed by atoms with Gasteiger partial charge in [0.15, 0.2) is 0 Å². The number of hydrogen-bond acceptors (Lipinski definition) is 2. The van der Waals surface area contributed by atoms with Crippen molar-refractivity contribution in [2.45, 2.75) is 57.9 Å². The minimum absolute atomic E-state index is 0.110. The molecule has 3 aliphatic heterocycles. The number of benzene rings is 8. The Kier molecular flexibility index (Phi) is 7.74. The molecule has 4 unspecified atom stereocenters. The van der Waals surface area contributed by atoms with Crippen molar-refractivity contribution in [2.24, 2.45) is 11.8 Å². The highest BCUT2D eigenvalue weighted by molar-refractivity contribution is 6.10. The summed E-state index contributed by atoms with van der Waals surface area (Å²) in [5.74, 6) is 0.569. The first-order valence-corrected chi connectivity index (χ1v) is 24.2. The first-order valence-electron chi connectivity index (χ1n) is 24.2. The lowest BCUT2D eigenvalue weighted by atomic mass is 9.52. The van der Waals surface area contributed by atoms with Crippen LogP contribution in [-0.2, 0) is 10.8 Å². The molecule has 0 radical (unpaired) electrons. The molecule has 4 atom stereocenters. The van der Waals surface area contributed by atoms with E-state index < -0.39 is 5.54 Å². The molecule has 0 amide bonds. The van der Waals surface area contributed by atoms with Crippen LogP contribution < -0.4 is 9.80 Å². The molecule has 3 aliphatic carbocycles. The van der Waals surface area contributed by atoms with Crippen molar-refractivity contribution >= 4 is 22.7 Å². The molecule has 8 aromatic rings. The van der Waals surface area contributed by atoms with Crippen molar-refractivity contribution in [3.05, 3.63) is 228 Å². The predicted octanol–water partition coefficient (Wildman–Crippen LogP) is 17.0. The summed E-state index contributed by atoms with van der Waals surface area (Å²) in [4.78, 5) is 5.54. The van der Waals surface area contributed by atoms with Crippen LogP contribution in [0, 0.1) is 11.8 Å². The number of allylic oxidation sites excluding steroid dienone is 4. The van der Waals surface area contributed by atoms with E-state index in [-0.39, 0.29) is 16.7 Å². The third kappa shape index (κ3) is 4.95. The lowest BCUT2D eigenvalue weighted by molar-refractivity contribution is 0.410. The van der Waals surface area contributed by atoms with Crippen LogP contribution in [0.25, 0.3) is 66.8 Å². The molecule has 8 aromatic carbocycles. The van der Waals surface area contributed by atoms with Crippen molar-refractivity contribution < 1.29 is 0 Å². The largest absolute Gasteiger partial charge is 0.324 e. The highest BCUT2D eigenvalue weighted by Gasteiger charge is 2.67. The van der Waals surface area contributed by atoms with Gasteiger partial charge in [-0.3, -0.25) is 0 Å². The Labute approximate surface area is 394 Å². The summed E-state index contributed by atoms with van der Waals surface area (Å²) in [7, 11) is 0. The van der Waals surface area contributed by atoms with E-state index in [4.69, 9.17) is 0 Å². The van der Waals surface area contributed by atoms with E-state index in [0.717, 1.165) is 0 Å². The van der Waals surface area contributed by atoms with Gasteiger partial charge in [0.2, 0.25) is 0 Å². The molecule has 67 heavy (non-hydrogen) atoms. The molecule has 0 bridgehead atoms. The summed E-state index contributed by atoms with van der Waals surface area (Å²) in [5, 5.41) is 0. The second-order valence-electron chi connectivity index (χ2n) is 20.8. The molecule has 0 spiro atoms. The smallest absolute Gasteiger partial charge is 0.105 e. The van der Waals surface area contributed by atoms with Crippen molar-refractivity contribution in [3.63, 3.8) is 0 Å². The number of nitrogens with zero attached hydrogens (tertiary/aromatic N) is 2. The lowest BCUT2D eigenvalue weighted by Gasteiger charge is -2.64. The third-order valence-corrected chi connectivity index (χ3v) is 16.8. The van der Waals surface area contributed by atoms with Crippen LogP contribution in [0.1, 0.15) is 52.7 Å². The Bertz CT molecular complexity index is 3570. The minimum Gasteiger partial charge on any atom is -0.324 e. The Balaban J connectivity index is 1.09. The van der Waals surface area contributed by atoms with E-state index >= 15 is 0 Å². The Hall–Kier alpha value is -7.42. The van der Waals surface area contributed by atoms with Gasteiger partial charge in [0.1, 0.15) is 5.54 Å². The summed E-state index contributed by atoms with van der Waals surface area (Å²) in [5.41, 5.74) is 28.1. The third-order valence-electron chi connectivity index (χ3n) is 16.8. The molecule has 0 fully saturated rings. The van der Waals surface area contributed by atoms with E-state index in [1.807, 2.05) is 0 Å². The van der Waals surface area contributed by atoms with E-state index in [1.54, 1.807) is 16.7 Å². The van der Waals surface area contributed by atoms with Crippen molar-refractivity contribution in [1.82, 2.24) is 0 Å². The van der Waals surface area contributed by atoms with Gasteiger partial charge in [-0.25, -0.2) is 0 Å². The maximum Gasteiger partial charge on any atom is 0.105 e. The standard InChI is InChI=1S/C65H52N2/c1-39-32-57-63(3,4)53-28-17-29-55-60(53)64(57,5)62-59(39)40(2)33-58-65(62,6)67(55)56-38-48(46-25-16-23-44(35-46)42-20-11-8-12-21-42)37-52-50-27-14-13-26-49(50)51-36-47(30-31-54(51)66(58)61(52)56)45-24-15-22-43(34-45)41-18-9-7-10-19-41/h7-40H,1-6H3. The van der Waals surface area contributed by atoms with E-state index in [2.05, 4.69) is 245 Å². The Morgan fingerprint density at radius 1 is 0.418 bits per heavy atom. The van der Waals surface area contributed by atoms with Gasteiger partial charge < -0.3 is 9.80 Å². The summed E-state index contributed by atoms with van der Waals surface area (Å²) in [6.07, 6.45) is 5.32. The van der Waals surface area contributed by atoms with Gasteiger partial charge in [-0.15, -0.1) is 0 Å². The van der Waals surface area contributed by atoms with Crippen LogP contribution in [0.2, 0.25) is 0 Å². The molecule has 0 aromatic heterocycles. The maximum atomic E-state index is 2.81. The van der Waals surface area contributed by atoms with Crippen LogP contribution in [0.4, 0.5) is 22.7 Å². The quantitative estimate of drug-likeness (QED) is 0.163. The van der Waals surface area contributed by atoms with Crippen molar-refractivity contribution in [3.8, 4) is 66.8 Å². The molecule has 0 saturated heterocycles. The zero-order valence-corrected chi connectivity index (χ0v) is 39.0. The maximum absolute atomic E-state index is 2.81. The first kappa shape index (κ1) is 38.8. The number of rotatable bonds is 4. The second kappa shape index (κ2) is 13.4. The summed E-state index contributed by atoms with van der Waals surface area (Å²) < 4.78 is 0. The predicted molar refractivity (Wildman–Crippen MR) is 280 cm³/mol. The van der Waals surface area contributed by atoms with E-state index in [0.29, 0.717) is 5.92 Å². The minimum atomic E-state index is -0.498. The topological polar surface area (TPSA) is 6.48 Å². The molecule has 2 nitrogen and oxygen atoms in total. The Morgan fingerprint density at radius 2 is 0.955 bits per heavy atom. The number of fused-ring (bicyclic) bond motifs is 8. The zero-order valence-electron chi connectivity index (χ0n) is 39.0. The van der Waals surface area contributed by atoms with Gasteiger partial charge in [-0.05, 0) is 146 Å². The van der Waals surface area contributed by atoms with Gasteiger partial charge >= 0.3 is 0 Å². The van der Waals surface area contributed by atoms with Crippen LogP contribution in [-0.4, -0.2) is 5.54 Å². The summed E-state index contributed by atoms with van der Waals surface area (Å²) >= 11 is 0. The van der Waals surface area contributed by atoms with Gasteiger partial charge in [0, 0.05) is 27.6 Å². The average Bonchev–Trinajstić information content (AvgIpc) is 3.45. The Morgan fingerprint density at radius 3 is 1.63 bits per heavy atom. The molecule has 14 rings (SSSR count). The molecule has 2 heteroatoms. The van der Waals surface area contributed by atoms with Gasteiger partial charge in [-0.1, -0.05) is 185 Å². The molecule has 3 heterocycles. The first-order chi connectivity index (χ1) is 32.6. The van der Waals surface area contributed by atoms with Gasteiger partial charge in [-0.2, -0.15) is 0 Å². The monoisotopic (exact) mass is 860 g/mol. The van der Waals surface area contributed by atoms with Crippen LogP contribution in [0.15, 0.2) is 217 Å². The van der Waals surface area contributed by atoms with Crippen LogP contribution in [0.5, 0.6) is 0 Å². The van der Waals surface area contributed by atoms with Crippen LogP contribution >= 0.6 is 0 Å². The summed E-state index contributed by atoms with van der Waals surface area (Å²) in [6, 6.07) is 68.5. The number of hydrogen-bond donors (Lipinski definition) is 0. The SMILES string of the molecule is CC1C=C2C(C)(C)c3cccc4c3C2(C)C2=C1C(C)C=C1N3c5ccc(-c6cccc(-c7ccccc7)c6)cc5-c5ccccc5-c5cc(-c6cccc(-c7ccccc7)c6)cc(c53)N4C12C. The van der Waals surface area contributed by atoms with Crippen molar-refractivity contribution in [1.29, 1.82) is 0 Å². The fourth-order valence-electron chi connectivity index (χ4n) is 14.2. The van der Waals surface area contributed by atoms with Gasteiger partial charge in [0.05, 0.1) is 22.8 Å². The molecular formula is C65H52N2. The van der Waals surface area contributed by atoms with E-state index in [9.17, 15) is 0 Å². The molecule has 0 saturated carbocycles. The molecular weight excluding hydrogens is 809 g/mol. The highest BCUT2D eigenvalue weighted by Crippen LogP contribution is 2.74. The average molecular weight is 861 g/mol. The molecule has 6 aliphatic rings. The highest BCUT2D eigenvalue weighted by atomic mass is 15.4. The van der Waals surface area contributed by atoms with Crippen LogP contribution in [0.3, 0.4) is 0 Å². The fraction of sp³-hybridized carbons (Fsp3) is 0.169. The lowest BCUT2D eigenvalue weighted by Crippen LogP contribution is -2.63. The van der Waals surface area contributed by atoms with Gasteiger partial charge in [0.25, 0.3) is 0 Å². The number of anilines is 4. The van der Waals surface area contributed by atoms with E-state index in [1.165, 1.54) is 106 Å². The molecule has 0 N–H and O–H groups in total. The molecule has 322 valence electrons. The summed E-state index contributed by atoms with van der Waals surface area (Å²) in [6.45, 7) is 15.1.